The zero-order valence-electron chi connectivity index (χ0n) is 25.9. The van der Waals surface area contributed by atoms with E-state index in [0.29, 0.717) is 35.4 Å². The van der Waals surface area contributed by atoms with E-state index >= 15 is 0 Å². The van der Waals surface area contributed by atoms with Gasteiger partial charge in [0.1, 0.15) is 6.04 Å². The molecule has 234 valence electrons. The Kier molecular flexibility index (Phi) is 8.72. The number of carbonyl (C=O) groups is 3. The molecule has 3 aromatic rings. The number of amides is 1. The predicted octanol–water partition coefficient (Wildman–Crippen LogP) is 6.19. The minimum Gasteiger partial charge on any atom is -0.478 e. The molecule has 0 saturated heterocycles. The lowest BCUT2D eigenvalue weighted by atomic mass is 9.92. The van der Waals surface area contributed by atoms with Crippen LogP contribution in [-0.4, -0.2) is 48.9 Å². The lowest BCUT2D eigenvalue weighted by Crippen LogP contribution is -2.41. The summed E-state index contributed by atoms with van der Waals surface area (Å²) in [5.41, 5.74) is 8.89. The van der Waals surface area contributed by atoms with Crippen molar-refractivity contribution < 1.29 is 29.0 Å². The van der Waals surface area contributed by atoms with Gasteiger partial charge in [-0.3, -0.25) is 14.7 Å². The number of carboxylic acid groups (broad SMARTS) is 1. The van der Waals surface area contributed by atoms with E-state index in [4.69, 9.17) is 9.97 Å². The number of H-pyrrole nitrogens is 2. The van der Waals surface area contributed by atoms with Crippen LogP contribution in [0.5, 0.6) is 0 Å². The first-order valence-corrected chi connectivity index (χ1v) is 14.9. The number of rotatable bonds is 8. The maximum Gasteiger partial charge on any atom is 0.370 e. The van der Waals surface area contributed by atoms with E-state index in [9.17, 15) is 24.0 Å². The van der Waals surface area contributed by atoms with Gasteiger partial charge in [-0.25, -0.2) is 14.6 Å². The average molecular weight is 614 g/mol. The van der Waals surface area contributed by atoms with Crippen LogP contribution < -0.4 is 5.32 Å². The minimum absolute atomic E-state index is 0.0336. The monoisotopic (exact) mass is 613 g/mol. The van der Waals surface area contributed by atoms with Crippen molar-refractivity contribution in [1.29, 1.82) is 0 Å². The van der Waals surface area contributed by atoms with Crippen LogP contribution in [-0.2, 0) is 32.2 Å². The van der Waals surface area contributed by atoms with Crippen molar-refractivity contribution in [3.05, 3.63) is 75.9 Å². The number of nitrogens with one attached hydrogen (secondary N) is 3. The second kappa shape index (κ2) is 12.5. The first kappa shape index (κ1) is 31.4. The smallest absolute Gasteiger partial charge is 0.370 e. The van der Waals surface area contributed by atoms with Crippen LogP contribution in [0.4, 0.5) is 4.53 Å². The number of carboxylic acids is 1. The van der Waals surface area contributed by atoms with E-state index in [1.165, 1.54) is 0 Å². The first-order valence-electron chi connectivity index (χ1n) is 14.9. The Labute approximate surface area is 259 Å². The van der Waals surface area contributed by atoms with Gasteiger partial charge in [0.05, 0.1) is 29.1 Å². The summed E-state index contributed by atoms with van der Waals surface area (Å²) in [6.45, 7) is 13.3. The van der Waals surface area contributed by atoms with Crippen LogP contribution in [0.1, 0.15) is 84.6 Å². The van der Waals surface area contributed by atoms with Gasteiger partial charge in [0, 0.05) is 49.3 Å². The molecule has 11 heteroatoms. The molecule has 1 amide bonds. The van der Waals surface area contributed by atoms with Gasteiger partial charge in [-0.15, -0.1) is 0 Å². The van der Waals surface area contributed by atoms with Crippen molar-refractivity contribution >= 4 is 57.1 Å². The lowest BCUT2D eigenvalue weighted by molar-refractivity contribution is -0.186. The molecule has 5 rings (SSSR count). The van der Waals surface area contributed by atoms with Gasteiger partial charge in [0.2, 0.25) is 5.91 Å². The molecule has 0 aliphatic carbocycles. The van der Waals surface area contributed by atoms with Gasteiger partial charge in [0.25, 0.3) is 0 Å². The Hall–Kier alpha value is -5.06. The Balaban J connectivity index is 1.88. The number of halogens is 1. The second-order valence-electron chi connectivity index (χ2n) is 11.5. The van der Waals surface area contributed by atoms with Gasteiger partial charge < -0.3 is 20.4 Å². The van der Waals surface area contributed by atoms with E-state index in [2.05, 4.69) is 26.8 Å². The summed E-state index contributed by atoms with van der Waals surface area (Å²) in [4.78, 5) is 58.0. The summed E-state index contributed by atoms with van der Waals surface area (Å²) >= 11 is 0. The summed E-state index contributed by atoms with van der Waals surface area (Å²) in [6.07, 6.45) is 2.81. The molecule has 0 spiro atoms. The number of hydrogen-bond donors (Lipinski definition) is 4. The van der Waals surface area contributed by atoms with E-state index in [0.717, 1.165) is 44.5 Å². The number of nitrogens with zero attached hydrogens (tertiary/aromatic N) is 2. The average Bonchev–Trinajstić information content (AvgIpc) is 3.74. The zero-order chi connectivity index (χ0) is 32.6. The van der Waals surface area contributed by atoms with Crippen LogP contribution in [0, 0.1) is 13.8 Å². The van der Waals surface area contributed by atoms with Crippen molar-refractivity contribution in [2.75, 3.05) is 0 Å². The van der Waals surface area contributed by atoms with Crippen molar-refractivity contribution in [3.8, 4) is 0 Å². The molecule has 0 saturated carbocycles. The van der Waals surface area contributed by atoms with Gasteiger partial charge in [0.15, 0.2) is 0 Å². The number of aromatic nitrogens is 4. The normalized spacial score (nSPS) is 15.1. The molecular weight excluding hydrogens is 577 g/mol. The third-order valence-electron chi connectivity index (χ3n) is 8.62. The summed E-state index contributed by atoms with van der Waals surface area (Å²) in [5.74, 6) is -3.16. The molecule has 8 bridgehead atoms. The lowest BCUT2D eigenvalue weighted by Gasteiger charge is -2.16. The number of aryl methyl sites for hydroxylation is 2. The molecular formula is C34H36FN5O5. The van der Waals surface area contributed by atoms with Gasteiger partial charge in [-0.05, 0) is 81.0 Å². The molecule has 10 nitrogen and oxygen atoms in total. The summed E-state index contributed by atoms with van der Waals surface area (Å²) in [5, 5.41) is 12.9. The number of aliphatic carboxylic acids is 1. The molecule has 5 heterocycles. The maximum absolute atomic E-state index is 13.4. The number of carbonyl (C=O) groups excluding carboxylic acids is 2. The maximum atomic E-state index is 13.4. The molecule has 4 N–H and O–H groups in total. The second-order valence-corrected chi connectivity index (χ2v) is 11.5. The third-order valence-corrected chi connectivity index (χ3v) is 8.62. The molecule has 2 aliphatic heterocycles. The largest absolute Gasteiger partial charge is 0.478 e. The highest BCUT2D eigenvalue weighted by Crippen LogP contribution is 2.37. The topological polar surface area (TPSA) is 150 Å². The van der Waals surface area contributed by atoms with E-state index in [1.54, 1.807) is 19.9 Å². The Bertz CT molecular complexity index is 1940. The SMILES string of the molecule is C=Cc1c(C)c2cc3nc(c(CC(=O)N[C@@H](CC)C(=O)OF)c4nc(cc5cc(C)c(cc1[nH]2)[nH]5)C(C)=C4C(=O)O)[C@@H](CC)C3. The van der Waals surface area contributed by atoms with Crippen LogP contribution in [0.25, 0.3) is 39.3 Å². The van der Waals surface area contributed by atoms with E-state index < -0.39 is 23.9 Å². The fourth-order valence-electron chi connectivity index (χ4n) is 6.11. The Morgan fingerprint density at radius 2 is 1.87 bits per heavy atom. The summed E-state index contributed by atoms with van der Waals surface area (Å²) in [7, 11) is 0. The minimum atomic E-state index is -1.22. The highest BCUT2D eigenvalue weighted by molar-refractivity contribution is 6.24. The molecule has 45 heavy (non-hydrogen) atoms. The molecule has 3 aromatic heterocycles. The third kappa shape index (κ3) is 5.90. The molecule has 2 aliphatic rings. The number of allylic oxidation sites excluding steroid dienone is 1. The zero-order valence-corrected chi connectivity index (χ0v) is 25.9. The quantitative estimate of drug-likeness (QED) is 0.237. The van der Waals surface area contributed by atoms with E-state index in [1.807, 2.05) is 45.0 Å². The van der Waals surface area contributed by atoms with Gasteiger partial charge in [-0.1, -0.05) is 26.5 Å². The number of aromatic amines is 2. The van der Waals surface area contributed by atoms with Crippen LogP contribution in [0.15, 0.2) is 30.8 Å². The fraction of sp³-hybridized carbons (Fsp3) is 0.324. The fourth-order valence-corrected chi connectivity index (χ4v) is 6.11. The van der Waals surface area contributed by atoms with Crippen LogP contribution in [0.3, 0.4) is 0 Å². The summed E-state index contributed by atoms with van der Waals surface area (Å²) in [6, 6.07) is 6.52. The molecule has 0 unspecified atom stereocenters. The Morgan fingerprint density at radius 3 is 2.51 bits per heavy atom. The number of hydrogen-bond acceptors (Lipinski definition) is 6. The highest BCUT2D eigenvalue weighted by Gasteiger charge is 2.32. The number of fused-ring (bicyclic) bond motifs is 8. The van der Waals surface area contributed by atoms with Crippen molar-refractivity contribution in [2.45, 2.75) is 72.3 Å². The summed E-state index contributed by atoms with van der Waals surface area (Å²) < 4.78 is 12.7. The molecule has 0 fully saturated rings. The van der Waals surface area contributed by atoms with Gasteiger partial charge in [-0.2, -0.15) is 0 Å². The molecule has 0 radical (unpaired) electrons. The van der Waals surface area contributed by atoms with E-state index in [-0.39, 0.29) is 30.0 Å². The first-order chi connectivity index (χ1) is 21.5. The molecule has 2 atom stereocenters. The molecule has 0 aromatic carbocycles. The van der Waals surface area contributed by atoms with Crippen molar-refractivity contribution in [2.24, 2.45) is 0 Å². The Morgan fingerprint density at radius 1 is 1.11 bits per heavy atom. The van der Waals surface area contributed by atoms with Crippen LogP contribution in [0.2, 0.25) is 0 Å². The standard InChI is InChI=1S/C34H36FN5O5/c1-7-19-11-21-13-26-17(5)22(8-2)28(38-26)15-25-16(4)10-20(36-25)12-27-18(6)30(33(42)43)32(40-27)23(31(19)37-21)14-29(41)39-24(9-3)34(44)45-35/h8,10,12-13,15,19,24,36,38H,2,7,9,11,14H2,1,3-6H3,(H,39,41)(H,42,43)/t19-,24-/m0/s1. The van der Waals surface area contributed by atoms with Crippen molar-refractivity contribution in [1.82, 2.24) is 25.3 Å². The predicted molar refractivity (Wildman–Crippen MR) is 171 cm³/mol. The van der Waals surface area contributed by atoms with Gasteiger partial charge >= 0.3 is 11.9 Å². The van der Waals surface area contributed by atoms with Crippen molar-refractivity contribution in [3.63, 3.8) is 0 Å². The van der Waals surface area contributed by atoms with Crippen LogP contribution >= 0.6 is 0 Å². The highest BCUT2D eigenvalue weighted by atomic mass is 19.3.